The van der Waals surface area contributed by atoms with Gasteiger partial charge in [0.2, 0.25) is 0 Å². The topological polar surface area (TPSA) is 60.8 Å². The van der Waals surface area contributed by atoms with Crippen molar-refractivity contribution < 1.29 is 15.0 Å². The molecule has 6 atom stereocenters. The average Bonchev–Trinajstić information content (AvgIpc) is 3.07. The number of aliphatic hydroxyl groups is 2. The summed E-state index contributed by atoms with van der Waals surface area (Å²) in [5.74, 6) is 1.74. The van der Waals surface area contributed by atoms with Crippen molar-refractivity contribution in [3.63, 3.8) is 0 Å². The Labute approximate surface area is 204 Å². The van der Waals surface area contributed by atoms with Gasteiger partial charge in [-0.05, 0) is 84.8 Å². The first-order valence-electron chi connectivity index (χ1n) is 12.9. The van der Waals surface area contributed by atoms with E-state index in [1.807, 2.05) is 12.2 Å². The molecule has 2 N–H and O–H groups in total. The highest BCUT2D eigenvalue weighted by atomic mass is 16.3. The zero-order chi connectivity index (χ0) is 24.3. The molecule has 2 saturated carbocycles. The Morgan fingerprint density at radius 3 is 2.59 bits per heavy atom. The predicted octanol–water partition coefficient (Wildman–Crippen LogP) is 5.18. The van der Waals surface area contributed by atoms with Gasteiger partial charge in [-0.2, -0.15) is 0 Å². The van der Waals surface area contributed by atoms with Gasteiger partial charge in [-0.1, -0.05) is 43.7 Å². The molecule has 0 spiro atoms. The fraction of sp³-hybridized carbons (Fsp3) is 0.567. The van der Waals surface area contributed by atoms with Gasteiger partial charge in [-0.25, -0.2) is 0 Å². The summed E-state index contributed by atoms with van der Waals surface area (Å²) in [4.78, 5) is 14.4. The van der Waals surface area contributed by atoms with Crippen molar-refractivity contribution >= 4 is 11.5 Å². The van der Waals surface area contributed by atoms with Crippen molar-refractivity contribution in [1.82, 2.24) is 0 Å². The van der Waals surface area contributed by atoms with Crippen LogP contribution >= 0.6 is 0 Å². The summed E-state index contributed by atoms with van der Waals surface area (Å²) in [6.07, 6.45) is 10.6. The molecule has 34 heavy (non-hydrogen) atoms. The fourth-order valence-corrected chi connectivity index (χ4v) is 7.87. The number of hydrogen-bond donors (Lipinski definition) is 2. The zero-order valence-electron chi connectivity index (χ0n) is 21.1. The zero-order valence-corrected chi connectivity index (χ0v) is 21.1. The lowest BCUT2D eigenvalue weighted by Gasteiger charge is -2.56. The molecular weight excluding hydrogens is 422 g/mol. The van der Waals surface area contributed by atoms with Gasteiger partial charge < -0.3 is 15.1 Å². The standard InChI is InChI=1S/C30H39NO3/c1-19-16-21-17-23(33)10-11-24(21)28-25(20-6-8-22(9-7-20)31(3)4)18-29(2)26(27(19)28)12-14-30(29,34)13-5-15-32/h5-9,13,17,19,25-27,32,34H,10-12,14-16,18H2,1-4H3/b13-5-/t19-,25+,26-,27-,29-,30-/m0/s1. The SMILES string of the molecule is C[C@H]1CC2=CC(=O)CCC2=C2[C@@H]1[C@@H]1CC[C@@](O)(/C=C\CO)[C@@]1(C)C[C@@H]2c1ccc(N(C)C)cc1. The van der Waals surface area contributed by atoms with Crippen LogP contribution in [-0.4, -0.2) is 42.3 Å². The molecule has 4 aliphatic rings. The van der Waals surface area contributed by atoms with Gasteiger partial charge in [0.25, 0.3) is 0 Å². The molecule has 0 aromatic heterocycles. The first-order valence-corrected chi connectivity index (χ1v) is 12.9. The lowest BCUT2D eigenvalue weighted by molar-refractivity contribution is -0.114. The molecule has 2 fully saturated rings. The fourth-order valence-electron chi connectivity index (χ4n) is 7.87. The van der Waals surface area contributed by atoms with Crippen LogP contribution in [0.3, 0.4) is 0 Å². The Morgan fingerprint density at radius 1 is 1.18 bits per heavy atom. The van der Waals surface area contributed by atoms with Crippen molar-refractivity contribution in [3.05, 3.63) is 64.8 Å². The smallest absolute Gasteiger partial charge is 0.156 e. The van der Waals surface area contributed by atoms with E-state index in [0.717, 1.165) is 32.1 Å². The summed E-state index contributed by atoms with van der Waals surface area (Å²) in [6.45, 7) is 4.59. The minimum atomic E-state index is -0.906. The van der Waals surface area contributed by atoms with Crippen LogP contribution in [0, 0.1) is 23.2 Å². The van der Waals surface area contributed by atoms with Gasteiger partial charge in [0, 0.05) is 37.5 Å². The number of rotatable bonds is 4. The van der Waals surface area contributed by atoms with Gasteiger partial charge in [0.15, 0.2) is 5.78 Å². The highest BCUT2D eigenvalue weighted by Gasteiger charge is 2.62. The van der Waals surface area contributed by atoms with Crippen molar-refractivity contribution in [2.75, 3.05) is 25.6 Å². The molecule has 4 aliphatic carbocycles. The third kappa shape index (κ3) is 3.53. The largest absolute Gasteiger partial charge is 0.392 e. The molecule has 0 unspecified atom stereocenters. The van der Waals surface area contributed by atoms with Gasteiger partial charge >= 0.3 is 0 Å². The number of hydrogen-bond acceptors (Lipinski definition) is 4. The van der Waals surface area contributed by atoms with Crippen molar-refractivity contribution in [2.45, 2.75) is 63.9 Å². The molecule has 0 heterocycles. The number of aliphatic hydroxyl groups excluding tert-OH is 1. The summed E-state index contributed by atoms with van der Waals surface area (Å²) < 4.78 is 0. The number of ketones is 1. The molecule has 1 aromatic rings. The predicted molar refractivity (Wildman–Crippen MR) is 137 cm³/mol. The maximum Gasteiger partial charge on any atom is 0.156 e. The van der Waals surface area contributed by atoms with Crippen LogP contribution in [0.1, 0.15) is 63.9 Å². The summed E-state index contributed by atoms with van der Waals surface area (Å²) >= 11 is 0. The van der Waals surface area contributed by atoms with Crippen LogP contribution in [0.5, 0.6) is 0 Å². The summed E-state index contributed by atoms with van der Waals surface area (Å²) in [7, 11) is 4.12. The summed E-state index contributed by atoms with van der Waals surface area (Å²) in [5, 5.41) is 21.4. The number of anilines is 1. The molecule has 1 aromatic carbocycles. The first kappa shape index (κ1) is 23.6. The van der Waals surface area contributed by atoms with Crippen molar-refractivity contribution in [1.29, 1.82) is 0 Å². The molecule has 182 valence electrons. The Bertz CT molecular complexity index is 1070. The van der Waals surface area contributed by atoms with E-state index in [0.29, 0.717) is 24.2 Å². The third-order valence-electron chi connectivity index (χ3n) is 9.60. The van der Waals surface area contributed by atoms with Crippen molar-refractivity contribution in [2.24, 2.45) is 23.2 Å². The Balaban J connectivity index is 1.68. The molecule has 4 nitrogen and oxygen atoms in total. The van der Waals surface area contributed by atoms with Crippen LogP contribution in [0.2, 0.25) is 0 Å². The minimum absolute atomic E-state index is 0.0458. The molecular formula is C30H39NO3. The molecule has 5 rings (SSSR count). The lowest BCUT2D eigenvalue weighted by Crippen LogP contribution is -2.52. The Morgan fingerprint density at radius 2 is 1.91 bits per heavy atom. The normalized spacial score (nSPS) is 37.4. The number of benzene rings is 1. The highest BCUT2D eigenvalue weighted by Crippen LogP contribution is 2.67. The Hall–Kier alpha value is -2.17. The van der Waals surface area contributed by atoms with Crippen LogP contribution < -0.4 is 4.90 Å². The van der Waals surface area contributed by atoms with Crippen LogP contribution in [-0.2, 0) is 4.79 Å². The third-order valence-corrected chi connectivity index (χ3v) is 9.60. The van der Waals surface area contributed by atoms with E-state index in [2.05, 4.69) is 57.1 Å². The average molecular weight is 462 g/mol. The van der Waals surface area contributed by atoms with Gasteiger partial charge in [0.1, 0.15) is 0 Å². The number of fused-ring (bicyclic) bond motifs is 4. The maximum absolute atomic E-state index is 12.3. The first-order chi connectivity index (χ1) is 16.2. The van der Waals surface area contributed by atoms with E-state index < -0.39 is 5.60 Å². The highest BCUT2D eigenvalue weighted by molar-refractivity contribution is 5.93. The molecule has 0 saturated heterocycles. The number of allylic oxidation sites excluding steroid dienone is 4. The number of carbonyl (C=O) groups excluding carboxylic acids is 1. The van der Waals surface area contributed by atoms with E-state index in [-0.39, 0.29) is 23.7 Å². The summed E-state index contributed by atoms with van der Waals surface area (Å²) in [5.41, 5.74) is 5.57. The summed E-state index contributed by atoms with van der Waals surface area (Å²) in [6, 6.07) is 8.93. The number of carbonyl (C=O) groups is 1. The van der Waals surface area contributed by atoms with Gasteiger partial charge in [0.05, 0.1) is 12.2 Å². The minimum Gasteiger partial charge on any atom is -0.392 e. The second-order valence-corrected chi connectivity index (χ2v) is 11.6. The monoisotopic (exact) mass is 461 g/mol. The molecule has 0 radical (unpaired) electrons. The van der Waals surface area contributed by atoms with E-state index in [1.165, 1.54) is 22.4 Å². The van der Waals surface area contributed by atoms with Crippen LogP contribution in [0.4, 0.5) is 5.69 Å². The van der Waals surface area contributed by atoms with E-state index in [9.17, 15) is 15.0 Å². The van der Waals surface area contributed by atoms with Crippen LogP contribution in [0.25, 0.3) is 0 Å². The maximum atomic E-state index is 12.3. The second-order valence-electron chi connectivity index (χ2n) is 11.6. The van der Waals surface area contributed by atoms with E-state index >= 15 is 0 Å². The second kappa shape index (κ2) is 8.49. The molecule has 0 bridgehead atoms. The molecule has 4 heteroatoms. The quantitative estimate of drug-likeness (QED) is 0.607. The Kier molecular flexibility index (Phi) is 5.89. The molecule has 0 aliphatic heterocycles. The van der Waals surface area contributed by atoms with E-state index in [4.69, 9.17) is 0 Å². The molecule has 0 amide bonds. The van der Waals surface area contributed by atoms with Crippen molar-refractivity contribution in [3.8, 4) is 0 Å². The van der Waals surface area contributed by atoms with E-state index in [1.54, 1.807) is 11.6 Å². The van der Waals surface area contributed by atoms with Gasteiger partial charge in [-0.15, -0.1) is 0 Å². The van der Waals surface area contributed by atoms with Gasteiger partial charge in [-0.3, -0.25) is 4.79 Å². The van der Waals surface area contributed by atoms with Crippen LogP contribution in [0.15, 0.2) is 59.2 Å². The lowest BCUT2D eigenvalue weighted by atomic mass is 9.49. The number of nitrogens with zero attached hydrogens (tertiary/aromatic N) is 1.